The quantitative estimate of drug-likeness (QED) is 0.726. The molecule has 6 nitrogen and oxygen atoms in total. The van der Waals surface area contributed by atoms with Gasteiger partial charge in [0.25, 0.3) is 11.8 Å². The van der Waals surface area contributed by atoms with Crippen molar-refractivity contribution < 1.29 is 18.7 Å². The van der Waals surface area contributed by atoms with Gasteiger partial charge >= 0.3 is 0 Å². The standard InChI is InChI=1S/C22H18FN3O3/c23-18-6-3-15(4-7-18)13-26-19-10-17(5-8-20(19)29-14-21(26)27)22(28)25-12-16-2-1-9-24-11-16/h1-11H,12-14H2,(H,25,28). The molecule has 0 saturated carbocycles. The summed E-state index contributed by atoms with van der Waals surface area (Å²) in [5.74, 6) is -0.309. The first-order valence-corrected chi connectivity index (χ1v) is 9.09. The molecule has 2 heterocycles. The van der Waals surface area contributed by atoms with Crippen molar-refractivity contribution in [2.45, 2.75) is 13.1 Å². The molecule has 2 aromatic carbocycles. The maximum atomic E-state index is 13.2. The topological polar surface area (TPSA) is 71.5 Å². The van der Waals surface area contributed by atoms with E-state index in [-0.39, 0.29) is 30.8 Å². The third-order valence-electron chi connectivity index (χ3n) is 4.59. The maximum absolute atomic E-state index is 13.2. The van der Waals surface area contributed by atoms with Gasteiger partial charge in [-0.3, -0.25) is 14.6 Å². The molecular formula is C22H18FN3O3. The number of anilines is 1. The van der Waals surface area contributed by atoms with Crippen LogP contribution < -0.4 is 15.0 Å². The molecule has 0 radical (unpaired) electrons. The smallest absolute Gasteiger partial charge is 0.265 e. The second-order valence-corrected chi connectivity index (χ2v) is 6.62. The molecule has 4 rings (SSSR count). The highest BCUT2D eigenvalue weighted by Crippen LogP contribution is 2.34. The summed E-state index contributed by atoms with van der Waals surface area (Å²) in [7, 11) is 0. The molecule has 2 amide bonds. The average molecular weight is 391 g/mol. The van der Waals surface area contributed by atoms with Gasteiger partial charge in [-0.25, -0.2) is 4.39 Å². The second-order valence-electron chi connectivity index (χ2n) is 6.62. The van der Waals surface area contributed by atoms with Gasteiger partial charge in [0.1, 0.15) is 11.6 Å². The van der Waals surface area contributed by atoms with Crippen molar-refractivity contribution in [3.05, 3.63) is 89.5 Å². The van der Waals surface area contributed by atoms with Gasteiger partial charge in [0.15, 0.2) is 6.61 Å². The number of carbonyl (C=O) groups is 2. The summed E-state index contributed by atoms with van der Waals surface area (Å²) in [6.45, 7) is 0.523. The van der Waals surface area contributed by atoms with Gasteiger partial charge in [-0.1, -0.05) is 18.2 Å². The first-order valence-electron chi connectivity index (χ1n) is 9.09. The summed E-state index contributed by atoms with van der Waals surface area (Å²) in [5, 5.41) is 2.84. The van der Waals surface area contributed by atoms with E-state index in [0.29, 0.717) is 23.5 Å². The maximum Gasteiger partial charge on any atom is 0.265 e. The van der Waals surface area contributed by atoms with E-state index in [2.05, 4.69) is 10.3 Å². The van der Waals surface area contributed by atoms with E-state index in [1.54, 1.807) is 53.7 Å². The lowest BCUT2D eigenvalue weighted by Gasteiger charge is -2.30. The van der Waals surface area contributed by atoms with Crippen LogP contribution in [-0.4, -0.2) is 23.4 Å². The summed E-state index contributed by atoms with van der Waals surface area (Å²) >= 11 is 0. The van der Waals surface area contributed by atoms with Gasteiger partial charge in [0.2, 0.25) is 0 Å². The van der Waals surface area contributed by atoms with Crippen LogP contribution >= 0.6 is 0 Å². The molecule has 1 N–H and O–H groups in total. The molecule has 146 valence electrons. The van der Waals surface area contributed by atoms with Crippen LogP contribution in [0.3, 0.4) is 0 Å². The van der Waals surface area contributed by atoms with Crippen molar-refractivity contribution in [2.24, 2.45) is 0 Å². The van der Waals surface area contributed by atoms with E-state index in [4.69, 9.17) is 4.74 Å². The zero-order valence-electron chi connectivity index (χ0n) is 15.5. The number of nitrogens with one attached hydrogen (secondary N) is 1. The van der Waals surface area contributed by atoms with Crippen LogP contribution in [-0.2, 0) is 17.9 Å². The highest BCUT2D eigenvalue weighted by Gasteiger charge is 2.26. The number of nitrogens with zero attached hydrogens (tertiary/aromatic N) is 2. The largest absolute Gasteiger partial charge is 0.482 e. The number of halogens is 1. The molecule has 3 aromatic rings. The van der Waals surface area contributed by atoms with Crippen molar-refractivity contribution in [2.75, 3.05) is 11.5 Å². The van der Waals surface area contributed by atoms with E-state index in [9.17, 15) is 14.0 Å². The van der Waals surface area contributed by atoms with Gasteiger partial charge in [-0.05, 0) is 47.5 Å². The normalized spacial score (nSPS) is 12.9. The average Bonchev–Trinajstić information content (AvgIpc) is 2.76. The number of rotatable bonds is 5. The monoisotopic (exact) mass is 391 g/mol. The number of hydrogen-bond donors (Lipinski definition) is 1. The molecule has 29 heavy (non-hydrogen) atoms. The number of aromatic nitrogens is 1. The number of fused-ring (bicyclic) bond motifs is 1. The van der Waals surface area contributed by atoms with E-state index in [1.807, 2.05) is 6.07 Å². The Morgan fingerprint density at radius 2 is 1.97 bits per heavy atom. The van der Waals surface area contributed by atoms with Crippen molar-refractivity contribution in [3.63, 3.8) is 0 Å². The molecule has 0 aliphatic carbocycles. The summed E-state index contributed by atoms with van der Waals surface area (Å²) in [5.41, 5.74) is 2.59. The van der Waals surface area contributed by atoms with Gasteiger partial charge in [-0.2, -0.15) is 0 Å². The fraction of sp³-hybridized carbons (Fsp3) is 0.136. The summed E-state index contributed by atoms with van der Waals surface area (Å²) in [6.07, 6.45) is 3.35. The number of pyridine rings is 1. The van der Waals surface area contributed by atoms with Crippen LogP contribution in [0, 0.1) is 5.82 Å². The number of benzene rings is 2. The molecule has 0 atom stereocenters. The SMILES string of the molecule is O=C(NCc1cccnc1)c1ccc2c(c1)N(Cc1ccc(F)cc1)C(=O)CO2. The van der Waals surface area contributed by atoms with Crippen molar-refractivity contribution in [3.8, 4) is 5.75 Å². The first kappa shape index (κ1) is 18.6. The van der Waals surface area contributed by atoms with Crippen LogP contribution in [0.15, 0.2) is 67.0 Å². The molecule has 0 fully saturated rings. The number of carbonyl (C=O) groups excluding carboxylic acids is 2. The third-order valence-corrected chi connectivity index (χ3v) is 4.59. The number of ether oxygens (including phenoxy) is 1. The van der Waals surface area contributed by atoms with E-state index in [1.165, 1.54) is 12.1 Å². The molecular weight excluding hydrogens is 373 g/mol. The van der Waals surface area contributed by atoms with Crippen molar-refractivity contribution in [1.82, 2.24) is 10.3 Å². The van der Waals surface area contributed by atoms with E-state index in [0.717, 1.165) is 11.1 Å². The van der Waals surface area contributed by atoms with Gasteiger partial charge in [-0.15, -0.1) is 0 Å². The molecule has 1 aromatic heterocycles. The Bertz CT molecular complexity index is 1040. The minimum absolute atomic E-state index is 0.0826. The molecule has 0 bridgehead atoms. The van der Waals surface area contributed by atoms with Crippen LogP contribution in [0.5, 0.6) is 5.75 Å². The van der Waals surface area contributed by atoms with Crippen molar-refractivity contribution in [1.29, 1.82) is 0 Å². The summed E-state index contributed by atoms with van der Waals surface area (Å²) < 4.78 is 18.7. The van der Waals surface area contributed by atoms with Crippen LogP contribution in [0.4, 0.5) is 10.1 Å². The Kier molecular flexibility index (Phi) is 5.20. The molecule has 7 heteroatoms. The van der Waals surface area contributed by atoms with E-state index < -0.39 is 0 Å². The number of hydrogen-bond acceptors (Lipinski definition) is 4. The Labute approximate surface area is 166 Å². The lowest BCUT2D eigenvalue weighted by atomic mass is 10.1. The Morgan fingerprint density at radius 3 is 2.72 bits per heavy atom. The fourth-order valence-electron chi connectivity index (χ4n) is 3.08. The minimum Gasteiger partial charge on any atom is -0.482 e. The van der Waals surface area contributed by atoms with Crippen LogP contribution in [0.1, 0.15) is 21.5 Å². The predicted molar refractivity (Wildman–Crippen MR) is 105 cm³/mol. The Hall–Kier alpha value is -3.74. The van der Waals surface area contributed by atoms with E-state index >= 15 is 0 Å². The molecule has 0 unspecified atom stereocenters. The van der Waals surface area contributed by atoms with Crippen LogP contribution in [0.2, 0.25) is 0 Å². The lowest BCUT2D eigenvalue weighted by molar-refractivity contribution is -0.121. The second kappa shape index (κ2) is 8.10. The Morgan fingerprint density at radius 1 is 1.14 bits per heavy atom. The molecule has 0 spiro atoms. The third kappa shape index (κ3) is 4.24. The minimum atomic E-state index is -0.338. The molecule has 1 aliphatic heterocycles. The van der Waals surface area contributed by atoms with Gasteiger partial charge in [0.05, 0.1) is 12.2 Å². The highest BCUT2D eigenvalue weighted by molar-refractivity contribution is 6.01. The highest BCUT2D eigenvalue weighted by atomic mass is 19.1. The van der Waals surface area contributed by atoms with Crippen molar-refractivity contribution >= 4 is 17.5 Å². The summed E-state index contributed by atoms with van der Waals surface area (Å²) in [4.78, 5) is 30.6. The Balaban J connectivity index is 1.55. The summed E-state index contributed by atoms with van der Waals surface area (Å²) in [6, 6.07) is 14.6. The van der Waals surface area contributed by atoms with Gasteiger partial charge in [0, 0.05) is 24.5 Å². The first-order chi connectivity index (χ1) is 14.1. The lowest BCUT2D eigenvalue weighted by Crippen LogP contribution is -2.38. The fourth-order valence-corrected chi connectivity index (χ4v) is 3.08. The zero-order valence-corrected chi connectivity index (χ0v) is 15.5. The zero-order chi connectivity index (χ0) is 20.2. The number of amides is 2. The molecule has 0 saturated heterocycles. The predicted octanol–water partition coefficient (Wildman–Crippen LogP) is 3.08. The van der Waals surface area contributed by atoms with Gasteiger partial charge < -0.3 is 15.0 Å². The molecule has 1 aliphatic rings. The van der Waals surface area contributed by atoms with Crippen LogP contribution in [0.25, 0.3) is 0 Å².